The number of aryl methyl sites for hydroxylation is 3. The van der Waals surface area contributed by atoms with E-state index in [2.05, 4.69) is 38.9 Å². The zero-order valence-electron chi connectivity index (χ0n) is 19.9. The van der Waals surface area contributed by atoms with Crippen LogP contribution in [0.2, 0.25) is 5.02 Å². The number of fused-ring (bicyclic) bond motifs is 3. The second-order valence-electron chi connectivity index (χ2n) is 8.76. The first kappa shape index (κ1) is 23.9. The van der Waals surface area contributed by atoms with Crippen LogP contribution in [0, 0.1) is 20.8 Å². The molecular formula is C25H28ClN7OS. The first-order chi connectivity index (χ1) is 16.9. The SMILES string of the molecule is Cc1sc2c(c1C)C(c1ccc(Cl)cc1)=NC(CC(O)NCCCn1ccnc1)c1nnc(C)n1-2. The fourth-order valence-corrected chi connectivity index (χ4v) is 5.74. The number of imidazole rings is 1. The van der Waals surface area contributed by atoms with Gasteiger partial charge in [-0.1, -0.05) is 23.7 Å². The molecule has 3 aromatic heterocycles. The van der Waals surface area contributed by atoms with Crippen molar-refractivity contribution in [3.05, 3.63) is 81.2 Å². The van der Waals surface area contributed by atoms with Gasteiger partial charge in [-0.3, -0.25) is 14.9 Å². The fraction of sp³-hybridized carbons (Fsp3) is 0.360. The van der Waals surface area contributed by atoms with Gasteiger partial charge in [0.15, 0.2) is 5.82 Å². The highest BCUT2D eigenvalue weighted by Crippen LogP contribution is 2.39. The van der Waals surface area contributed by atoms with Gasteiger partial charge in [-0.15, -0.1) is 21.5 Å². The molecule has 5 rings (SSSR count). The van der Waals surface area contributed by atoms with Crippen LogP contribution < -0.4 is 5.32 Å². The van der Waals surface area contributed by atoms with E-state index in [1.165, 1.54) is 10.4 Å². The van der Waals surface area contributed by atoms with Crippen LogP contribution in [-0.2, 0) is 6.54 Å². The number of thiophene rings is 1. The van der Waals surface area contributed by atoms with Gasteiger partial charge < -0.3 is 9.67 Å². The first-order valence-corrected chi connectivity index (χ1v) is 12.9. The second-order valence-corrected chi connectivity index (χ2v) is 10.4. The van der Waals surface area contributed by atoms with Crippen molar-refractivity contribution in [3.63, 3.8) is 0 Å². The number of aliphatic hydroxyl groups excluding tert-OH is 1. The fourth-order valence-electron chi connectivity index (χ4n) is 4.40. The molecule has 4 aromatic rings. The number of halogens is 1. The van der Waals surface area contributed by atoms with E-state index in [0.717, 1.165) is 46.5 Å². The average molecular weight is 510 g/mol. The van der Waals surface area contributed by atoms with E-state index in [4.69, 9.17) is 16.6 Å². The molecule has 2 N–H and O–H groups in total. The van der Waals surface area contributed by atoms with Crippen LogP contribution in [0.5, 0.6) is 0 Å². The third-order valence-electron chi connectivity index (χ3n) is 6.34. The molecule has 0 saturated heterocycles. The van der Waals surface area contributed by atoms with E-state index in [9.17, 15) is 5.11 Å². The molecule has 0 radical (unpaired) electrons. The van der Waals surface area contributed by atoms with Gasteiger partial charge in [-0.2, -0.15) is 0 Å². The molecule has 1 aromatic carbocycles. The van der Waals surface area contributed by atoms with E-state index in [0.29, 0.717) is 18.0 Å². The minimum Gasteiger partial charge on any atom is -0.379 e. The number of aliphatic imine (C=N–C) groups is 1. The van der Waals surface area contributed by atoms with Crippen LogP contribution >= 0.6 is 22.9 Å². The summed E-state index contributed by atoms with van der Waals surface area (Å²) in [7, 11) is 0. The highest BCUT2D eigenvalue weighted by molar-refractivity contribution is 7.15. The van der Waals surface area contributed by atoms with Gasteiger partial charge in [-0.25, -0.2) is 4.98 Å². The number of hydrogen-bond acceptors (Lipinski definition) is 7. The molecule has 2 unspecified atom stereocenters. The topological polar surface area (TPSA) is 93.2 Å². The number of aromatic nitrogens is 5. The number of benzene rings is 1. The van der Waals surface area contributed by atoms with E-state index in [1.807, 2.05) is 42.0 Å². The number of rotatable bonds is 8. The Bertz CT molecular complexity index is 1340. The Morgan fingerprint density at radius 2 is 1.97 bits per heavy atom. The van der Waals surface area contributed by atoms with E-state index >= 15 is 0 Å². The van der Waals surface area contributed by atoms with Gasteiger partial charge in [-0.05, 0) is 51.4 Å². The van der Waals surface area contributed by atoms with Gasteiger partial charge in [0.1, 0.15) is 23.1 Å². The zero-order valence-corrected chi connectivity index (χ0v) is 21.5. The Kier molecular flexibility index (Phi) is 6.84. The summed E-state index contributed by atoms with van der Waals surface area (Å²) in [6, 6.07) is 7.40. The van der Waals surface area contributed by atoms with Crippen molar-refractivity contribution in [2.24, 2.45) is 4.99 Å². The van der Waals surface area contributed by atoms with E-state index in [-0.39, 0.29) is 6.04 Å². The highest BCUT2D eigenvalue weighted by Gasteiger charge is 2.32. The average Bonchev–Trinajstić information content (AvgIpc) is 3.53. The highest BCUT2D eigenvalue weighted by atomic mass is 35.5. The molecule has 0 amide bonds. The van der Waals surface area contributed by atoms with Crippen LogP contribution in [0.25, 0.3) is 5.00 Å². The maximum absolute atomic E-state index is 10.9. The molecule has 182 valence electrons. The number of aliphatic hydroxyl groups is 1. The van der Waals surface area contributed by atoms with Crippen LogP contribution in [-0.4, -0.2) is 47.9 Å². The number of nitrogens with one attached hydrogen (secondary N) is 1. The van der Waals surface area contributed by atoms with Crippen molar-refractivity contribution in [2.45, 2.75) is 52.4 Å². The second kappa shape index (κ2) is 10.0. The summed E-state index contributed by atoms with van der Waals surface area (Å²) in [6.07, 6.45) is 6.03. The third kappa shape index (κ3) is 4.81. The summed E-state index contributed by atoms with van der Waals surface area (Å²) >= 11 is 7.90. The first-order valence-electron chi connectivity index (χ1n) is 11.7. The molecule has 35 heavy (non-hydrogen) atoms. The van der Waals surface area contributed by atoms with E-state index < -0.39 is 6.23 Å². The Labute approximate surface area is 213 Å². The summed E-state index contributed by atoms with van der Waals surface area (Å²) in [6.45, 7) is 7.74. The predicted molar refractivity (Wildman–Crippen MR) is 139 cm³/mol. The Morgan fingerprint density at radius 1 is 1.17 bits per heavy atom. The van der Waals surface area contributed by atoms with Crippen LogP contribution in [0.15, 0.2) is 48.0 Å². The summed E-state index contributed by atoms with van der Waals surface area (Å²) in [4.78, 5) is 10.5. The minimum absolute atomic E-state index is 0.364. The molecule has 0 fully saturated rings. The smallest absolute Gasteiger partial charge is 0.163 e. The molecule has 1 aliphatic rings. The molecule has 2 atom stereocenters. The predicted octanol–water partition coefficient (Wildman–Crippen LogP) is 4.38. The summed E-state index contributed by atoms with van der Waals surface area (Å²) in [5, 5.41) is 24.7. The lowest BCUT2D eigenvalue weighted by Crippen LogP contribution is -2.32. The van der Waals surface area contributed by atoms with Crippen molar-refractivity contribution in [1.29, 1.82) is 0 Å². The molecule has 0 bridgehead atoms. The van der Waals surface area contributed by atoms with E-state index in [1.54, 1.807) is 23.9 Å². The summed E-state index contributed by atoms with van der Waals surface area (Å²) < 4.78 is 4.12. The molecule has 10 heteroatoms. The molecule has 8 nitrogen and oxygen atoms in total. The lowest BCUT2D eigenvalue weighted by atomic mass is 9.99. The number of nitrogens with zero attached hydrogens (tertiary/aromatic N) is 6. The lowest BCUT2D eigenvalue weighted by molar-refractivity contribution is 0.118. The van der Waals surface area contributed by atoms with Crippen LogP contribution in [0.3, 0.4) is 0 Å². The minimum atomic E-state index is -0.734. The van der Waals surface area contributed by atoms with Gasteiger partial charge >= 0.3 is 0 Å². The normalized spacial score (nSPS) is 15.9. The Morgan fingerprint density at radius 3 is 2.71 bits per heavy atom. The van der Waals surface area contributed by atoms with Crippen molar-refractivity contribution < 1.29 is 5.11 Å². The van der Waals surface area contributed by atoms with Gasteiger partial charge in [0.05, 0.1) is 12.0 Å². The summed E-state index contributed by atoms with van der Waals surface area (Å²) in [5.41, 5.74) is 4.15. The largest absolute Gasteiger partial charge is 0.379 e. The van der Waals surface area contributed by atoms with Crippen molar-refractivity contribution in [1.82, 2.24) is 29.6 Å². The Balaban J connectivity index is 1.46. The molecular weight excluding hydrogens is 482 g/mol. The maximum Gasteiger partial charge on any atom is 0.163 e. The maximum atomic E-state index is 10.9. The standard InChI is InChI=1S/C25H28ClN7OS/c1-15-16(2)35-25-22(15)23(18-5-7-19(26)8-6-18)29-20(24-31-30-17(3)33(24)25)13-21(34)28-9-4-11-32-12-10-27-14-32/h5-8,10,12,14,20-21,28,34H,4,9,11,13H2,1-3H3. The lowest BCUT2D eigenvalue weighted by Gasteiger charge is -2.18. The zero-order chi connectivity index (χ0) is 24.5. The van der Waals surface area contributed by atoms with Gasteiger partial charge in [0.25, 0.3) is 0 Å². The van der Waals surface area contributed by atoms with Crippen molar-refractivity contribution in [2.75, 3.05) is 6.54 Å². The molecule has 0 aliphatic carbocycles. The molecule has 0 spiro atoms. The molecule has 1 aliphatic heterocycles. The molecule has 4 heterocycles. The Hall–Kier alpha value is -2.85. The van der Waals surface area contributed by atoms with Crippen molar-refractivity contribution in [3.8, 4) is 5.00 Å². The van der Waals surface area contributed by atoms with Gasteiger partial charge in [0.2, 0.25) is 0 Å². The van der Waals surface area contributed by atoms with Crippen LogP contribution in [0.4, 0.5) is 0 Å². The molecule has 0 saturated carbocycles. The monoisotopic (exact) mass is 509 g/mol. The number of hydrogen-bond donors (Lipinski definition) is 2. The quantitative estimate of drug-likeness (QED) is 0.271. The van der Waals surface area contributed by atoms with Crippen LogP contribution in [0.1, 0.15) is 52.1 Å². The van der Waals surface area contributed by atoms with Crippen molar-refractivity contribution >= 4 is 28.6 Å². The third-order valence-corrected chi connectivity index (χ3v) is 7.78. The van der Waals surface area contributed by atoms with Gasteiger partial charge in [0, 0.05) is 46.4 Å². The summed E-state index contributed by atoms with van der Waals surface area (Å²) in [5.74, 6) is 1.55.